The van der Waals surface area contributed by atoms with Crippen LogP contribution in [0.1, 0.15) is 48.6 Å². The molecule has 2 saturated heterocycles. The number of hydrogen-bond acceptors (Lipinski definition) is 4. The van der Waals surface area contributed by atoms with E-state index in [0.29, 0.717) is 32.0 Å². The predicted octanol–water partition coefficient (Wildman–Crippen LogP) is 2.98. The Morgan fingerprint density at radius 3 is 2.72 bits per heavy atom. The van der Waals surface area contributed by atoms with E-state index in [4.69, 9.17) is 0 Å². The standard InChI is InChI=1S/C25H27N5O2/c31-23-15-20(16-30(23)21-8-7-17-4-3-5-19(17)14-21)25(32)28-12-9-18(10-13-28)24-27-26-22-6-1-2-11-29(22)24/h1-2,6-8,11,14,18,20H,3-5,9-10,12-13,15-16H2/t20-/m1/s1. The molecule has 2 amide bonds. The summed E-state index contributed by atoms with van der Waals surface area (Å²) in [6, 6.07) is 12.3. The van der Waals surface area contributed by atoms with Gasteiger partial charge in [-0.1, -0.05) is 12.1 Å². The van der Waals surface area contributed by atoms with Gasteiger partial charge in [-0.15, -0.1) is 10.2 Å². The second-order valence-electron chi connectivity index (χ2n) is 9.30. The molecular formula is C25H27N5O2. The van der Waals surface area contributed by atoms with Crippen LogP contribution in [0.15, 0.2) is 42.6 Å². The van der Waals surface area contributed by atoms with E-state index in [1.165, 1.54) is 17.5 Å². The van der Waals surface area contributed by atoms with Gasteiger partial charge in [0.1, 0.15) is 5.82 Å². The lowest BCUT2D eigenvalue weighted by atomic mass is 9.94. The number of amides is 2. The average molecular weight is 430 g/mol. The van der Waals surface area contributed by atoms with Crippen LogP contribution in [-0.4, -0.2) is 50.9 Å². The normalized spacial score (nSPS) is 21.5. The maximum Gasteiger partial charge on any atom is 0.228 e. The summed E-state index contributed by atoms with van der Waals surface area (Å²) in [6.07, 6.45) is 7.46. The van der Waals surface area contributed by atoms with Crippen molar-refractivity contribution in [3.8, 4) is 0 Å². The fourth-order valence-corrected chi connectivity index (χ4v) is 5.60. The van der Waals surface area contributed by atoms with Crippen molar-refractivity contribution in [3.63, 3.8) is 0 Å². The summed E-state index contributed by atoms with van der Waals surface area (Å²) in [5, 5.41) is 8.67. The summed E-state index contributed by atoms with van der Waals surface area (Å²) in [6.45, 7) is 1.90. The number of benzene rings is 1. The molecule has 2 aliphatic heterocycles. The number of anilines is 1. The van der Waals surface area contributed by atoms with E-state index in [1.54, 1.807) is 0 Å². The first-order valence-electron chi connectivity index (χ1n) is 11.7. The van der Waals surface area contributed by atoms with Gasteiger partial charge >= 0.3 is 0 Å². The SMILES string of the molecule is O=C([C@@H]1CC(=O)N(c2ccc3c(c2)CCC3)C1)N1CCC(c2nnc3ccccn23)CC1. The van der Waals surface area contributed by atoms with Gasteiger partial charge in [-0.25, -0.2) is 0 Å². The predicted molar refractivity (Wildman–Crippen MR) is 120 cm³/mol. The molecular weight excluding hydrogens is 402 g/mol. The zero-order valence-electron chi connectivity index (χ0n) is 18.1. The summed E-state index contributed by atoms with van der Waals surface area (Å²) in [7, 11) is 0. The van der Waals surface area contributed by atoms with Crippen molar-refractivity contribution >= 4 is 23.1 Å². The third-order valence-electron chi connectivity index (χ3n) is 7.38. The third kappa shape index (κ3) is 3.27. The van der Waals surface area contributed by atoms with Gasteiger partial charge < -0.3 is 9.80 Å². The first-order chi connectivity index (χ1) is 15.7. The molecule has 0 N–H and O–H groups in total. The Balaban J connectivity index is 1.11. The number of rotatable bonds is 3. The van der Waals surface area contributed by atoms with Crippen LogP contribution in [0.4, 0.5) is 5.69 Å². The number of hydrogen-bond donors (Lipinski definition) is 0. The fourth-order valence-electron chi connectivity index (χ4n) is 5.60. The van der Waals surface area contributed by atoms with Crippen molar-refractivity contribution in [3.05, 3.63) is 59.5 Å². The van der Waals surface area contributed by atoms with Crippen molar-refractivity contribution in [2.24, 2.45) is 5.92 Å². The van der Waals surface area contributed by atoms with Crippen molar-refractivity contribution in [2.45, 2.75) is 44.4 Å². The van der Waals surface area contributed by atoms with Crippen molar-refractivity contribution in [1.29, 1.82) is 0 Å². The van der Waals surface area contributed by atoms with Gasteiger partial charge in [-0.05, 0) is 67.5 Å². The lowest BCUT2D eigenvalue weighted by Crippen LogP contribution is -2.42. The van der Waals surface area contributed by atoms with Gasteiger partial charge in [-0.3, -0.25) is 14.0 Å². The summed E-state index contributed by atoms with van der Waals surface area (Å²) in [4.78, 5) is 29.7. The Morgan fingerprint density at radius 2 is 1.84 bits per heavy atom. The van der Waals surface area contributed by atoms with Crippen molar-refractivity contribution in [1.82, 2.24) is 19.5 Å². The molecule has 1 atom stereocenters. The first kappa shape index (κ1) is 19.5. The number of aromatic nitrogens is 3. The lowest BCUT2D eigenvalue weighted by Gasteiger charge is -2.32. The van der Waals surface area contributed by atoms with Gasteiger partial charge in [-0.2, -0.15) is 0 Å². The van der Waals surface area contributed by atoms with Gasteiger partial charge in [0.15, 0.2) is 5.65 Å². The Morgan fingerprint density at radius 1 is 1.00 bits per heavy atom. The zero-order chi connectivity index (χ0) is 21.7. The summed E-state index contributed by atoms with van der Waals surface area (Å²) < 4.78 is 2.05. The summed E-state index contributed by atoms with van der Waals surface area (Å²) in [5.41, 5.74) is 4.56. The number of pyridine rings is 1. The summed E-state index contributed by atoms with van der Waals surface area (Å²) in [5.74, 6) is 1.20. The number of carbonyl (C=O) groups excluding carboxylic acids is 2. The lowest BCUT2D eigenvalue weighted by molar-refractivity contribution is -0.136. The number of aryl methyl sites for hydroxylation is 2. The Labute approximate surface area is 187 Å². The summed E-state index contributed by atoms with van der Waals surface area (Å²) >= 11 is 0. The minimum atomic E-state index is -0.249. The number of nitrogens with zero attached hydrogens (tertiary/aromatic N) is 5. The molecule has 3 aliphatic rings. The van der Waals surface area contributed by atoms with E-state index in [9.17, 15) is 9.59 Å². The molecule has 7 heteroatoms. The molecule has 2 aromatic heterocycles. The fraction of sp³-hybridized carbons (Fsp3) is 0.440. The Bertz CT molecular complexity index is 1190. The smallest absolute Gasteiger partial charge is 0.228 e. The molecule has 1 aromatic carbocycles. The van der Waals surface area contributed by atoms with E-state index >= 15 is 0 Å². The minimum Gasteiger partial charge on any atom is -0.342 e. The van der Waals surface area contributed by atoms with Crippen LogP contribution in [0, 0.1) is 5.92 Å². The van der Waals surface area contributed by atoms with Gasteiger partial charge in [0.05, 0.1) is 5.92 Å². The van der Waals surface area contributed by atoms with Crippen LogP contribution in [0.3, 0.4) is 0 Å². The van der Waals surface area contributed by atoms with Gasteiger partial charge in [0.2, 0.25) is 11.8 Å². The van der Waals surface area contributed by atoms with E-state index in [-0.39, 0.29) is 17.7 Å². The monoisotopic (exact) mass is 429 g/mol. The minimum absolute atomic E-state index is 0.0612. The molecule has 0 radical (unpaired) electrons. The quantitative estimate of drug-likeness (QED) is 0.642. The van der Waals surface area contributed by atoms with E-state index in [2.05, 4.69) is 22.3 Å². The maximum absolute atomic E-state index is 13.2. The Hall–Kier alpha value is -3.22. The van der Waals surface area contributed by atoms with E-state index in [0.717, 1.165) is 42.8 Å². The highest BCUT2D eigenvalue weighted by atomic mass is 16.2. The van der Waals surface area contributed by atoms with Gasteiger partial charge in [0.25, 0.3) is 0 Å². The molecule has 164 valence electrons. The highest BCUT2D eigenvalue weighted by molar-refractivity contribution is 6.00. The molecule has 0 bridgehead atoms. The van der Waals surface area contributed by atoms with Crippen LogP contribution in [0.2, 0.25) is 0 Å². The first-order valence-corrected chi connectivity index (χ1v) is 11.7. The Kier molecular flexibility index (Phi) is 4.70. The van der Waals surface area contributed by atoms with E-state index < -0.39 is 0 Å². The molecule has 3 aromatic rings. The highest BCUT2D eigenvalue weighted by Gasteiger charge is 2.38. The molecule has 2 fully saturated rings. The molecule has 6 rings (SSSR count). The van der Waals surface area contributed by atoms with Crippen LogP contribution < -0.4 is 4.90 Å². The van der Waals surface area contributed by atoms with Crippen molar-refractivity contribution in [2.75, 3.05) is 24.5 Å². The maximum atomic E-state index is 13.2. The molecule has 7 nitrogen and oxygen atoms in total. The highest BCUT2D eigenvalue weighted by Crippen LogP contribution is 2.33. The molecule has 32 heavy (non-hydrogen) atoms. The molecule has 0 spiro atoms. The number of piperidine rings is 1. The van der Waals surface area contributed by atoms with Crippen LogP contribution in [0.25, 0.3) is 5.65 Å². The van der Waals surface area contributed by atoms with Gasteiger partial charge in [0, 0.05) is 43.9 Å². The second-order valence-corrected chi connectivity index (χ2v) is 9.30. The zero-order valence-corrected chi connectivity index (χ0v) is 18.1. The van der Waals surface area contributed by atoms with E-state index in [1.807, 2.05) is 44.7 Å². The second kappa shape index (κ2) is 7.73. The van der Waals surface area contributed by atoms with Crippen LogP contribution >= 0.6 is 0 Å². The average Bonchev–Trinajstić information content (AvgIpc) is 3.56. The van der Waals surface area contributed by atoms with Crippen LogP contribution in [0.5, 0.6) is 0 Å². The topological polar surface area (TPSA) is 70.8 Å². The molecule has 1 aliphatic carbocycles. The largest absolute Gasteiger partial charge is 0.342 e. The number of fused-ring (bicyclic) bond motifs is 2. The number of likely N-dealkylation sites (tertiary alicyclic amines) is 1. The molecule has 0 saturated carbocycles. The molecule has 0 unspecified atom stereocenters. The van der Waals surface area contributed by atoms with Crippen LogP contribution in [-0.2, 0) is 22.4 Å². The molecule has 4 heterocycles. The third-order valence-corrected chi connectivity index (χ3v) is 7.38. The van der Waals surface area contributed by atoms with Crippen molar-refractivity contribution < 1.29 is 9.59 Å². The number of carbonyl (C=O) groups is 2.